The fourth-order valence-electron chi connectivity index (χ4n) is 2.43. The van der Waals surface area contributed by atoms with Crippen molar-refractivity contribution < 1.29 is 0 Å². The van der Waals surface area contributed by atoms with Crippen LogP contribution < -0.4 is 5.32 Å². The molecule has 18 heavy (non-hydrogen) atoms. The molecule has 104 valence electrons. The van der Waals surface area contributed by atoms with E-state index >= 15 is 0 Å². The van der Waals surface area contributed by atoms with Crippen LogP contribution in [0.25, 0.3) is 0 Å². The fraction of sp³-hybridized carbons (Fsp3) is 0.786. The quantitative estimate of drug-likeness (QED) is 0.825. The molecular formula is C14H26ClN3. The first-order valence-electron chi connectivity index (χ1n) is 6.84. The lowest BCUT2D eigenvalue weighted by Crippen LogP contribution is -2.26. The molecule has 1 rings (SSSR count). The van der Waals surface area contributed by atoms with Crippen molar-refractivity contribution in [3.05, 3.63) is 16.4 Å². The van der Waals surface area contributed by atoms with E-state index in [1.54, 1.807) is 0 Å². The Morgan fingerprint density at radius 1 is 1.39 bits per heavy atom. The highest BCUT2D eigenvalue weighted by atomic mass is 35.5. The largest absolute Gasteiger partial charge is 0.317 e. The summed E-state index contributed by atoms with van der Waals surface area (Å²) in [5.41, 5.74) is 2.10. The number of hydrogen-bond donors (Lipinski definition) is 1. The first kappa shape index (κ1) is 15.5. The fourth-order valence-corrected chi connectivity index (χ4v) is 2.67. The van der Waals surface area contributed by atoms with Crippen molar-refractivity contribution in [1.82, 2.24) is 15.1 Å². The smallest absolute Gasteiger partial charge is 0.0847 e. The van der Waals surface area contributed by atoms with E-state index in [1.807, 2.05) is 18.7 Å². The van der Waals surface area contributed by atoms with Crippen molar-refractivity contribution in [3.63, 3.8) is 0 Å². The molecule has 0 aliphatic rings. The minimum Gasteiger partial charge on any atom is -0.317 e. The van der Waals surface area contributed by atoms with Gasteiger partial charge in [-0.2, -0.15) is 5.10 Å². The second-order valence-electron chi connectivity index (χ2n) is 5.48. The zero-order chi connectivity index (χ0) is 13.7. The van der Waals surface area contributed by atoms with Crippen LogP contribution in [0, 0.1) is 18.8 Å². The number of halogens is 1. The van der Waals surface area contributed by atoms with Crippen LogP contribution in [0.1, 0.15) is 38.6 Å². The maximum Gasteiger partial charge on any atom is 0.0847 e. The number of hydrogen-bond acceptors (Lipinski definition) is 2. The van der Waals surface area contributed by atoms with Gasteiger partial charge in [0.05, 0.1) is 16.4 Å². The molecule has 0 saturated carbocycles. The zero-order valence-corrected chi connectivity index (χ0v) is 13.0. The predicted octanol–water partition coefficient (Wildman–Crippen LogP) is 3.20. The molecule has 0 spiro atoms. The van der Waals surface area contributed by atoms with E-state index in [9.17, 15) is 0 Å². The van der Waals surface area contributed by atoms with Crippen LogP contribution in [0.4, 0.5) is 0 Å². The molecule has 0 aliphatic carbocycles. The van der Waals surface area contributed by atoms with E-state index in [0.717, 1.165) is 35.9 Å². The van der Waals surface area contributed by atoms with Gasteiger partial charge in [-0.05, 0) is 44.7 Å². The van der Waals surface area contributed by atoms with E-state index in [0.29, 0.717) is 11.8 Å². The van der Waals surface area contributed by atoms with E-state index in [-0.39, 0.29) is 0 Å². The molecule has 4 heteroatoms. The molecule has 1 atom stereocenters. The third-order valence-corrected chi connectivity index (χ3v) is 3.72. The number of aryl methyl sites for hydroxylation is 2. The molecule has 1 aromatic heterocycles. The molecule has 1 heterocycles. The Morgan fingerprint density at radius 3 is 2.50 bits per heavy atom. The summed E-state index contributed by atoms with van der Waals surface area (Å²) in [6.07, 6.45) is 2.22. The highest BCUT2D eigenvalue weighted by Gasteiger charge is 2.17. The summed E-state index contributed by atoms with van der Waals surface area (Å²) < 4.78 is 1.93. The molecule has 0 aromatic carbocycles. The third-order valence-electron chi connectivity index (χ3n) is 3.23. The van der Waals surface area contributed by atoms with Gasteiger partial charge in [0.15, 0.2) is 0 Å². The Bertz CT molecular complexity index is 371. The molecule has 1 aromatic rings. The van der Waals surface area contributed by atoms with E-state index in [2.05, 4.69) is 31.2 Å². The Hall–Kier alpha value is -0.540. The number of rotatable bonds is 7. The first-order chi connectivity index (χ1) is 8.45. The van der Waals surface area contributed by atoms with Crippen LogP contribution in [0.5, 0.6) is 0 Å². The lowest BCUT2D eigenvalue weighted by atomic mass is 9.92. The van der Waals surface area contributed by atoms with Gasteiger partial charge in [0.2, 0.25) is 0 Å². The van der Waals surface area contributed by atoms with Crippen LogP contribution in [0.3, 0.4) is 0 Å². The van der Waals surface area contributed by atoms with E-state index in [1.165, 1.54) is 6.42 Å². The van der Waals surface area contributed by atoms with Gasteiger partial charge in [-0.25, -0.2) is 0 Å². The normalized spacial score (nSPS) is 13.3. The Kier molecular flexibility index (Phi) is 6.16. The van der Waals surface area contributed by atoms with Gasteiger partial charge in [0, 0.05) is 7.05 Å². The maximum atomic E-state index is 6.32. The summed E-state index contributed by atoms with van der Waals surface area (Å²) in [5, 5.41) is 8.67. The number of nitrogens with one attached hydrogen (secondary N) is 1. The lowest BCUT2D eigenvalue weighted by Gasteiger charge is -2.19. The molecule has 0 radical (unpaired) electrons. The third kappa shape index (κ3) is 4.29. The van der Waals surface area contributed by atoms with Crippen LogP contribution in [0.15, 0.2) is 0 Å². The second kappa shape index (κ2) is 7.15. The van der Waals surface area contributed by atoms with Crippen LogP contribution in [-0.2, 0) is 13.5 Å². The first-order valence-corrected chi connectivity index (χ1v) is 7.22. The molecule has 0 bridgehead atoms. The average molecular weight is 272 g/mol. The zero-order valence-electron chi connectivity index (χ0n) is 12.3. The highest BCUT2D eigenvalue weighted by Crippen LogP contribution is 2.24. The van der Waals surface area contributed by atoms with Crippen LogP contribution in [-0.4, -0.2) is 22.9 Å². The van der Waals surface area contributed by atoms with Crippen molar-refractivity contribution in [2.45, 2.75) is 40.5 Å². The van der Waals surface area contributed by atoms with Gasteiger partial charge >= 0.3 is 0 Å². The standard InChI is InChI=1S/C14H26ClN3/c1-6-16-9-12(7-10(2)3)8-13-14(15)11(4)17-18(13)5/h10,12,16H,6-9H2,1-5H3. The van der Waals surface area contributed by atoms with Crippen molar-refractivity contribution in [1.29, 1.82) is 0 Å². The molecular weight excluding hydrogens is 246 g/mol. The minimum atomic E-state index is 0.622. The highest BCUT2D eigenvalue weighted by molar-refractivity contribution is 6.31. The average Bonchev–Trinajstić information content (AvgIpc) is 2.52. The van der Waals surface area contributed by atoms with E-state index in [4.69, 9.17) is 11.6 Å². The van der Waals surface area contributed by atoms with Gasteiger partial charge < -0.3 is 5.32 Å². The second-order valence-corrected chi connectivity index (χ2v) is 5.86. The number of aromatic nitrogens is 2. The van der Waals surface area contributed by atoms with Gasteiger partial charge in [-0.15, -0.1) is 0 Å². The van der Waals surface area contributed by atoms with E-state index < -0.39 is 0 Å². The van der Waals surface area contributed by atoms with Crippen LogP contribution >= 0.6 is 11.6 Å². The summed E-state index contributed by atoms with van der Waals surface area (Å²) >= 11 is 6.32. The van der Waals surface area contributed by atoms with Gasteiger partial charge in [0.1, 0.15) is 0 Å². The Morgan fingerprint density at radius 2 is 2.06 bits per heavy atom. The Balaban J connectivity index is 2.74. The van der Waals surface area contributed by atoms with Crippen molar-refractivity contribution >= 4 is 11.6 Å². The summed E-state index contributed by atoms with van der Waals surface area (Å²) in [7, 11) is 1.98. The van der Waals surface area contributed by atoms with Gasteiger partial charge in [-0.3, -0.25) is 4.68 Å². The number of nitrogens with zero attached hydrogens (tertiary/aromatic N) is 2. The van der Waals surface area contributed by atoms with Crippen molar-refractivity contribution in [2.24, 2.45) is 18.9 Å². The summed E-state index contributed by atoms with van der Waals surface area (Å²) in [4.78, 5) is 0. The van der Waals surface area contributed by atoms with Crippen molar-refractivity contribution in [2.75, 3.05) is 13.1 Å². The molecule has 0 aliphatic heterocycles. The monoisotopic (exact) mass is 271 g/mol. The van der Waals surface area contributed by atoms with Gasteiger partial charge in [-0.1, -0.05) is 32.4 Å². The minimum absolute atomic E-state index is 0.622. The molecule has 0 fully saturated rings. The topological polar surface area (TPSA) is 29.9 Å². The van der Waals surface area contributed by atoms with Crippen molar-refractivity contribution in [3.8, 4) is 0 Å². The molecule has 3 nitrogen and oxygen atoms in total. The summed E-state index contributed by atoms with van der Waals surface area (Å²) in [6.45, 7) is 10.7. The summed E-state index contributed by atoms with van der Waals surface area (Å²) in [5.74, 6) is 1.33. The van der Waals surface area contributed by atoms with Crippen LogP contribution in [0.2, 0.25) is 5.02 Å². The van der Waals surface area contributed by atoms with Gasteiger partial charge in [0.25, 0.3) is 0 Å². The molecule has 0 amide bonds. The predicted molar refractivity (Wildman–Crippen MR) is 78.1 cm³/mol. The molecule has 1 unspecified atom stereocenters. The summed E-state index contributed by atoms with van der Waals surface area (Å²) in [6, 6.07) is 0. The Labute approximate surface area is 116 Å². The molecule has 1 N–H and O–H groups in total. The molecule has 0 saturated heterocycles. The lowest BCUT2D eigenvalue weighted by molar-refractivity contribution is 0.381. The SMILES string of the molecule is CCNCC(Cc1c(Cl)c(C)nn1C)CC(C)C. The maximum absolute atomic E-state index is 6.32.